The van der Waals surface area contributed by atoms with Crippen LogP contribution in [-0.4, -0.2) is 19.6 Å². The van der Waals surface area contributed by atoms with Gasteiger partial charge >= 0.3 is 0 Å². The second-order valence-electron chi connectivity index (χ2n) is 5.83. The Morgan fingerprint density at radius 1 is 1.30 bits per heavy atom. The molecule has 1 N–H and O–H groups in total. The van der Waals surface area contributed by atoms with Crippen LogP contribution in [0.4, 0.5) is 5.69 Å². The zero-order chi connectivity index (χ0) is 15.1. The molecular weight excluding hydrogens is 246 g/mol. The molecule has 1 aromatic carbocycles. The molecule has 1 atom stereocenters. The standard InChI is InChI=1S/C17H27N3/c1-6-19-12-15-7-8-17(16(10-15)11-18)20(5)14(4)9-13(2)3/h7-8,10,13-14,19H,6,9,12H2,1-5H3. The van der Waals surface area contributed by atoms with Gasteiger partial charge in [0.25, 0.3) is 0 Å². The summed E-state index contributed by atoms with van der Waals surface area (Å²) in [7, 11) is 2.08. The molecule has 20 heavy (non-hydrogen) atoms. The second kappa shape index (κ2) is 7.91. The van der Waals surface area contributed by atoms with Crippen LogP contribution >= 0.6 is 0 Å². The Kier molecular flexibility index (Phi) is 6.54. The molecule has 1 unspecified atom stereocenters. The molecule has 0 aliphatic carbocycles. The topological polar surface area (TPSA) is 39.1 Å². The Balaban J connectivity index is 2.92. The van der Waals surface area contributed by atoms with E-state index in [1.54, 1.807) is 0 Å². The van der Waals surface area contributed by atoms with E-state index in [-0.39, 0.29) is 0 Å². The van der Waals surface area contributed by atoms with Crippen LogP contribution in [0.3, 0.4) is 0 Å². The van der Waals surface area contributed by atoms with Crippen molar-refractivity contribution in [1.82, 2.24) is 5.32 Å². The lowest BCUT2D eigenvalue weighted by Gasteiger charge is -2.29. The highest BCUT2D eigenvalue weighted by Crippen LogP contribution is 2.24. The fraction of sp³-hybridized carbons (Fsp3) is 0.588. The van der Waals surface area contributed by atoms with Gasteiger partial charge in [-0.1, -0.05) is 26.8 Å². The van der Waals surface area contributed by atoms with E-state index in [2.05, 4.69) is 63.2 Å². The van der Waals surface area contributed by atoms with Gasteiger partial charge in [0.05, 0.1) is 11.3 Å². The summed E-state index contributed by atoms with van der Waals surface area (Å²) < 4.78 is 0. The molecule has 0 saturated carbocycles. The monoisotopic (exact) mass is 273 g/mol. The van der Waals surface area contributed by atoms with E-state index in [0.717, 1.165) is 36.3 Å². The van der Waals surface area contributed by atoms with Crippen molar-refractivity contribution in [3.8, 4) is 6.07 Å². The van der Waals surface area contributed by atoms with Crippen molar-refractivity contribution in [3.63, 3.8) is 0 Å². The lowest BCUT2D eigenvalue weighted by Crippen LogP contribution is -2.30. The first kappa shape index (κ1) is 16.5. The van der Waals surface area contributed by atoms with Gasteiger partial charge in [0.15, 0.2) is 0 Å². The van der Waals surface area contributed by atoms with Crippen molar-refractivity contribution in [2.45, 2.75) is 46.7 Å². The zero-order valence-corrected chi connectivity index (χ0v) is 13.4. The molecule has 0 aliphatic heterocycles. The Labute approximate surface area is 123 Å². The Bertz CT molecular complexity index is 460. The predicted molar refractivity (Wildman–Crippen MR) is 85.9 cm³/mol. The van der Waals surface area contributed by atoms with Crippen molar-refractivity contribution in [2.75, 3.05) is 18.5 Å². The van der Waals surface area contributed by atoms with Gasteiger partial charge in [0, 0.05) is 19.6 Å². The summed E-state index contributed by atoms with van der Waals surface area (Å²) in [6, 6.07) is 8.94. The van der Waals surface area contributed by atoms with Gasteiger partial charge in [0.1, 0.15) is 6.07 Å². The molecule has 0 radical (unpaired) electrons. The SMILES string of the molecule is CCNCc1ccc(N(C)C(C)CC(C)C)c(C#N)c1. The van der Waals surface area contributed by atoms with Crippen LogP contribution in [0.15, 0.2) is 18.2 Å². The lowest BCUT2D eigenvalue weighted by atomic mass is 10.0. The van der Waals surface area contributed by atoms with E-state index in [4.69, 9.17) is 0 Å². The minimum atomic E-state index is 0.432. The highest BCUT2D eigenvalue weighted by Gasteiger charge is 2.15. The highest BCUT2D eigenvalue weighted by molar-refractivity contribution is 5.60. The average Bonchev–Trinajstić information content (AvgIpc) is 2.43. The average molecular weight is 273 g/mol. The van der Waals surface area contributed by atoms with Crippen molar-refractivity contribution in [1.29, 1.82) is 5.26 Å². The third-order valence-corrected chi connectivity index (χ3v) is 3.61. The number of nitrogens with zero attached hydrogens (tertiary/aromatic N) is 2. The fourth-order valence-corrected chi connectivity index (χ4v) is 2.44. The van der Waals surface area contributed by atoms with E-state index in [9.17, 15) is 5.26 Å². The molecule has 0 aliphatic rings. The van der Waals surface area contributed by atoms with Gasteiger partial charge in [0.2, 0.25) is 0 Å². The first-order valence-corrected chi connectivity index (χ1v) is 7.46. The third-order valence-electron chi connectivity index (χ3n) is 3.61. The van der Waals surface area contributed by atoms with Gasteiger partial charge in [-0.3, -0.25) is 0 Å². The number of hydrogen-bond acceptors (Lipinski definition) is 3. The summed E-state index contributed by atoms with van der Waals surface area (Å²) in [5.74, 6) is 0.658. The minimum Gasteiger partial charge on any atom is -0.371 e. The Morgan fingerprint density at radius 2 is 2.00 bits per heavy atom. The maximum absolute atomic E-state index is 9.38. The molecule has 0 bridgehead atoms. The maximum atomic E-state index is 9.38. The van der Waals surface area contributed by atoms with Crippen molar-refractivity contribution in [2.24, 2.45) is 5.92 Å². The van der Waals surface area contributed by atoms with Crippen LogP contribution in [0.2, 0.25) is 0 Å². The highest BCUT2D eigenvalue weighted by atomic mass is 15.1. The van der Waals surface area contributed by atoms with Crippen LogP contribution < -0.4 is 10.2 Å². The molecule has 0 saturated heterocycles. The van der Waals surface area contributed by atoms with Gasteiger partial charge < -0.3 is 10.2 Å². The molecule has 0 fully saturated rings. The van der Waals surface area contributed by atoms with Gasteiger partial charge in [-0.15, -0.1) is 0 Å². The van der Waals surface area contributed by atoms with E-state index >= 15 is 0 Å². The van der Waals surface area contributed by atoms with Crippen LogP contribution in [0.25, 0.3) is 0 Å². The summed E-state index contributed by atoms with van der Waals surface area (Å²) in [5.41, 5.74) is 2.96. The number of benzene rings is 1. The first-order valence-electron chi connectivity index (χ1n) is 7.46. The molecule has 3 nitrogen and oxygen atoms in total. The van der Waals surface area contributed by atoms with Crippen molar-refractivity contribution in [3.05, 3.63) is 29.3 Å². The summed E-state index contributed by atoms with van der Waals surface area (Å²) in [6.45, 7) is 10.5. The molecule has 0 spiro atoms. The predicted octanol–water partition coefficient (Wildman–Crippen LogP) is 3.54. The van der Waals surface area contributed by atoms with Crippen molar-refractivity contribution >= 4 is 5.69 Å². The van der Waals surface area contributed by atoms with Gasteiger partial charge in [-0.05, 0) is 43.5 Å². The summed E-state index contributed by atoms with van der Waals surface area (Å²) >= 11 is 0. The molecule has 0 amide bonds. The van der Waals surface area contributed by atoms with E-state index in [1.807, 2.05) is 6.07 Å². The zero-order valence-electron chi connectivity index (χ0n) is 13.4. The molecule has 3 heteroatoms. The normalized spacial score (nSPS) is 12.2. The largest absolute Gasteiger partial charge is 0.371 e. The van der Waals surface area contributed by atoms with Gasteiger partial charge in [-0.2, -0.15) is 5.26 Å². The molecular formula is C17H27N3. The maximum Gasteiger partial charge on any atom is 0.101 e. The molecule has 110 valence electrons. The lowest BCUT2D eigenvalue weighted by molar-refractivity contribution is 0.504. The van der Waals surface area contributed by atoms with Crippen LogP contribution in [0, 0.1) is 17.2 Å². The number of nitriles is 1. The second-order valence-corrected chi connectivity index (χ2v) is 5.83. The van der Waals surface area contributed by atoms with E-state index < -0.39 is 0 Å². The number of hydrogen-bond donors (Lipinski definition) is 1. The molecule has 1 aromatic rings. The third kappa shape index (κ3) is 4.54. The summed E-state index contributed by atoms with van der Waals surface area (Å²) in [4.78, 5) is 2.22. The minimum absolute atomic E-state index is 0.432. The van der Waals surface area contributed by atoms with E-state index in [1.165, 1.54) is 0 Å². The first-order chi connectivity index (χ1) is 9.49. The number of anilines is 1. The molecule has 0 heterocycles. The number of rotatable bonds is 7. The summed E-state index contributed by atoms with van der Waals surface area (Å²) in [6.07, 6.45) is 1.13. The van der Waals surface area contributed by atoms with E-state index in [0.29, 0.717) is 12.0 Å². The summed E-state index contributed by atoms with van der Waals surface area (Å²) in [5, 5.41) is 12.7. The van der Waals surface area contributed by atoms with Crippen LogP contribution in [-0.2, 0) is 6.54 Å². The quantitative estimate of drug-likeness (QED) is 0.826. The molecule has 1 rings (SSSR count). The Hall–Kier alpha value is -1.53. The fourth-order valence-electron chi connectivity index (χ4n) is 2.44. The molecule has 0 aromatic heterocycles. The Morgan fingerprint density at radius 3 is 2.55 bits per heavy atom. The van der Waals surface area contributed by atoms with Crippen LogP contribution in [0.1, 0.15) is 45.2 Å². The van der Waals surface area contributed by atoms with Gasteiger partial charge in [-0.25, -0.2) is 0 Å². The smallest absolute Gasteiger partial charge is 0.101 e. The number of nitrogens with one attached hydrogen (secondary N) is 1. The van der Waals surface area contributed by atoms with Crippen molar-refractivity contribution < 1.29 is 0 Å². The van der Waals surface area contributed by atoms with Crippen LogP contribution in [0.5, 0.6) is 0 Å².